The normalized spacial score (nSPS) is 18.5. The minimum Gasteiger partial charge on any atom is -0.423 e. The molecule has 0 aliphatic carbocycles. The number of aromatic nitrogens is 4. The molecule has 7 nitrogen and oxygen atoms in total. The van der Waals surface area contributed by atoms with Crippen LogP contribution in [-0.4, -0.2) is 43.3 Å². The molecule has 25 heavy (non-hydrogen) atoms. The number of aryl methyl sites for hydroxylation is 1. The average Bonchev–Trinajstić information content (AvgIpc) is 3.23. The fraction of sp³-hybridized carbons (Fsp3) is 0.600. The summed E-state index contributed by atoms with van der Waals surface area (Å²) in [6.45, 7) is 1.02. The Kier molecular flexibility index (Phi) is 5.05. The first-order valence-corrected chi connectivity index (χ1v) is 8.06. The lowest BCUT2D eigenvalue weighted by molar-refractivity contribution is -0.136. The first-order valence-electron chi connectivity index (χ1n) is 8.06. The van der Waals surface area contributed by atoms with Crippen molar-refractivity contribution in [2.45, 2.75) is 50.9 Å². The topological polar surface area (TPSA) is 77.1 Å². The number of alkyl halides is 3. The van der Waals surface area contributed by atoms with E-state index in [0.717, 1.165) is 12.8 Å². The first kappa shape index (κ1) is 17.4. The zero-order valence-corrected chi connectivity index (χ0v) is 13.4. The van der Waals surface area contributed by atoms with Crippen molar-refractivity contribution in [1.29, 1.82) is 0 Å². The quantitative estimate of drug-likeness (QED) is 0.822. The minimum absolute atomic E-state index is 0.0786. The molecule has 1 saturated heterocycles. The molecule has 0 radical (unpaired) electrons. The zero-order valence-electron chi connectivity index (χ0n) is 13.4. The molecule has 136 valence electrons. The number of amides is 1. The van der Waals surface area contributed by atoms with Crippen molar-refractivity contribution in [3.05, 3.63) is 30.5 Å². The highest BCUT2D eigenvalue weighted by molar-refractivity contribution is 5.76. The van der Waals surface area contributed by atoms with Crippen LogP contribution in [0.3, 0.4) is 0 Å². The summed E-state index contributed by atoms with van der Waals surface area (Å²) in [7, 11) is 0. The molecule has 1 aliphatic rings. The van der Waals surface area contributed by atoms with E-state index in [0.29, 0.717) is 19.5 Å². The van der Waals surface area contributed by atoms with E-state index in [1.807, 2.05) is 0 Å². The van der Waals surface area contributed by atoms with Gasteiger partial charge in [0.25, 0.3) is 0 Å². The van der Waals surface area contributed by atoms with E-state index < -0.39 is 24.5 Å². The second-order valence-electron chi connectivity index (χ2n) is 5.98. The van der Waals surface area contributed by atoms with Crippen LogP contribution >= 0.6 is 0 Å². The van der Waals surface area contributed by atoms with Crippen LogP contribution in [0, 0.1) is 0 Å². The Morgan fingerprint density at radius 3 is 2.88 bits per heavy atom. The fourth-order valence-electron chi connectivity index (χ4n) is 2.92. The molecule has 0 saturated carbocycles. The first-order chi connectivity index (χ1) is 11.9. The molecule has 1 aliphatic heterocycles. The molecule has 10 heteroatoms. The van der Waals surface area contributed by atoms with Gasteiger partial charge in [-0.15, -0.1) is 10.2 Å². The molecule has 0 spiro atoms. The van der Waals surface area contributed by atoms with Crippen molar-refractivity contribution in [3.8, 4) is 0 Å². The Morgan fingerprint density at radius 1 is 1.32 bits per heavy atom. The van der Waals surface area contributed by atoms with Gasteiger partial charge in [0.2, 0.25) is 17.7 Å². The van der Waals surface area contributed by atoms with Crippen LogP contribution in [0.25, 0.3) is 0 Å². The second kappa shape index (κ2) is 7.24. The summed E-state index contributed by atoms with van der Waals surface area (Å²) in [5.74, 6) is -0.484. The van der Waals surface area contributed by atoms with Gasteiger partial charge in [-0.1, -0.05) is 0 Å². The third-order valence-electron chi connectivity index (χ3n) is 4.09. The lowest BCUT2D eigenvalue weighted by Crippen LogP contribution is -2.39. The van der Waals surface area contributed by atoms with Gasteiger partial charge >= 0.3 is 6.18 Å². The molecule has 2 aromatic heterocycles. The van der Waals surface area contributed by atoms with Crippen molar-refractivity contribution in [3.63, 3.8) is 0 Å². The Balaban J connectivity index is 1.67. The zero-order chi connectivity index (χ0) is 17.9. The summed E-state index contributed by atoms with van der Waals surface area (Å²) >= 11 is 0. The summed E-state index contributed by atoms with van der Waals surface area (Å²) in [6, 6.07) is -0.460. The number of carbonyl (C=O) groups is 1. The number of hydrogen-bond donors (Lipinski definition) is 0. The van der Waals surface area contributed by atoms with E-state index in [2.05, 4.69) is 15.2 Å². The molecule has 1 fully saturated rings. The highest BCUT2D eigenvalue weighted by Crippen LogP contribution is 2.31. The van der Waals surface area contributed by atoms with Gasteiger partial charge in [0.1, 0.15) is 12.5 Å². The second-order valence-corrected chi connectivity index (χ2v) is 5.98. The van der Waals surface area contributed by atoms with Gasteiger partial charge in [0, 0.05) is 31.9 Å². The van der Waals surface area contributed by atoms with E-state index >= 15 is 0 Å². The molecular weight excluding hydrogens is 339 g/mol. The van der Waals surface area contributed by atoms with Crippen molar-refractivity contribution < 1.29 is 22.4 Å². The minimum atomic E-state index is -4.41. The number of imidazole rings is 1. The van der Waals surface area contributed by atoms with Gasteiger partial charge < -0.3 is 13.9 Å². The lowest BCUT2D eigenvalue weighted by atomic mass is 10.0. The number of nitrogens with zero attached hydrogens (tertiary/aromatic N) is 5. The van der Waals surface area contributed by atoms with Crippen molar-refractivity contribution in [2.24, 2.45) is 0 Å². The molecule has 3 rings (SSSR count). The Labute approximate surface area is 141 Å². The van der Waals surface area contributed by atoms with Crippen LogP contribution < -0.4 is 0 Å². The Bertz CT molecular complexity index is 698. The molecule has 0 N–H and O–H groups in total. The Hall–Kier alpha value is -2.39. The predicted octanol–water partition coefficient (Wildman–Crippen LogP) is 2.51. The monoisotopic (exact) mass is 357 g/mol. The molecule has 0 aromatic carbocycles. The van der Waals surface area contributed by atoms with Gasteiger partial charge in [0.05, 0.1) is 6.33 Å². The maximum atomic E-state index is 12.5. The van der Waals surface area contributed by atoms with Gasteiger partial charge in [-0.25, -0.2) is 4.98 Å². The summed E-state index contributed by atoms with van der Waals surface area (Å²) in [5, 5.41) is 7.21. The number of hydrogen-bond acceptors (Lipinski definition) is 5. The highest BCUT2D eigenvalue weighted by atomic mass is 19.4. The third kappa shape index (κ3) is 4.58. The van der Waals surface area contributed by atoms with Crippen LogP contribution in [0.15, 0.2) is 23.1 Å². The van der Waals surface area contributed by atoms with E-state index in [1.165, 1.54) is 0 Å². The summed E-state index contributed by atoms with van der Waals surface area (Å²) in [6.07, 6.45) is 1.93. The van der Waals surface area contributed by atoms with E-state index in [9.17, 15) is 18.0 Å². The summed E-state index contributed by atoms with van der Waals surface area (Å²) < 4.78 is 44.3. The number of halogens is 3. The van der Waals surface area contributed by atoms with Gasteiger partial charge in [-0.05, 0) is 19.3 Å². The Morgan fingerprint density at radius 2 is 2.16 bits per heavy atom. The van der Waals surface area contributed by atoms with Gasteiger partial charge in [-0.3, -0.25) is 4.79 Å². The van der Waals surface area contributed by atoms with E-state index in [1.54, 1.807) is 28.2 Å². The number of likely N-dealkylation sites (tertiary alicyclic amines) is 1. The van der Waals surface area contributed by atoms with Crippen molar-refractivity contribution in [2.75, 3.05) is 6.54 Å². The van der Waals surface area contributed by atoms with E-state index in [4.69, 9.17) is 4.42 Å². The van der Waals surface area contributed by atoms with Crippen molar-refractivity contribution >= 4 is 5.91 Å². The highest BCUT2D eigenvalue weighted by Gasteiger charge is 2.34. The average molecular weight is 357 g/mol. The van der Waals surface area contributed by atoms with E-state index in [-0.39, 0.29) is 18.2 Å². The maximum Gasteiger partial charge on any atom is 0.397 e. The predicted molar refractivity (Wildman–Crippen MR) is 79.2 cm³/mol. The number of piperidine rings is 1. The molecule has 3 heterocycles. The lowest BCUT2D eigenvalue weighted by Gasteiger charge is -2.33. The van der Waals surface area contributed by atoms with Gasteiger partial charge in [0.15, 0.2) is 0 Å². The third-order valence-corrected chi connectivity index (χ3v) is 4.09. The molecule has 1 atom stereocenters. The number of carbonyl (C=O) groups excluding carboxylic acids is 1. The van der Waals surface area contributed by atoms with Crippen LogP contribution in [-0.2, 0) is 17.8 Å². The van der Waals surface area contributed by atoms with Crippen LogP contribution in [0.5, 0.6) is 0 Å². The SMILES string of the molecule is O=C(CCn1ccnc1)N1CCCCC1c1nnc(CC(F)(F)F)o1. The molecule has 2 aromatic rings. The van der Waals surface area contributed by atoms with Crippen LogP contribution in [0.2, 0.25) is 0 Å². The standard InChI is InChI=1S/C15H18F3N5O2/c16-15(17,18)9-12-20-21-14(25-12)11-3-1-2-6-23(11)13(24)4-7-22-8-5-19-10-22/h5,8,10-11H,1-4,6-7,9H2. The largest absolute Gasteiger partial charge is 0.423 e. The van der Waals surface area contributed by atoms with Gasteiger partial charge in [-0.2, -0.15) is 13.2 Å². The molecular formula is C15H18F3N5O2. The molecule has 1 unspecified atom stereocenters. The van der Waals surface area contributed by atoms with Crippen LogP contribution in [0.1, 0.15) is 43.5 Å². The summed E-state index contributed by atoms with van der Waals surface area (Å²) in [4.78, 5) is 18.1. The van der Waals surface area contributed by atoms with Crippen molar-refractivity contribution in [1.82, 2.24) is 24.6 Å². The molecule has 1 amide bonds. The smallest absolute Gasteiger partial charge is 0.397 e. The molecule has 0 bridgehead atoms. The number of rotatable bonds is 5. The fourth-order valence-corrected chi connectivity index (χ4v) is 2.92. The van der Waals surface area contributed by atoms with Crippen LogP contribution in [0.4, 0.5) is 13.2 Å². The summed E-state index contributed by atoms with van der Waals surface area (Å²) in [5.41, 5.74) is 0. The maximum absolute atomic E-state index is 12.5.